The molecule has 7 nitrogen and oxygen atoms in total. The fourth-order valence-corrected chi connectivity index (χ4v) is 3.65. The predicted molar refractivity (Wildman–Crippen MR) is 96.9 cm³/mol. The van der Waals surface area contributed by atoms with Crippen molar-refractivity contribution in [2.75, 3.05) is 26.8 Å². The highest BCUT2D eigenvalue weighted by molar-refractivity contribution is 5.76. The predicted octanol–water partition coefficient (Wildman–Crippen LogP) is 1.14. The quantitative estimate of drug-likeness (QED) is 0.803. The van der Waals surface area contributed by atoms with E-state index in [4.69, 9.17) is 4.74 Å². The third-order valence-electron chi connectivity index (χ3n) is 4.95. The molecule has 0 spiro atoms. The van der Waals surface area contributed by atoms with E-state index in [0.717, 1.165) is 11.3 Å². The van der Waals surface area contributed by atoms with Gasteiger partial charge in [0.05, 0.1) is 6.61 Å². The summed E-state index contributed by atoms with van der Waals surface area (Å²) in [5.74, 6) is 0.356. The molecule has 7 heteroatoms. The van der Waals surface area contributed by atoms with Gasteiger partial charge in [0.2, 0.25) is 5.91 Å². The summed E-state index contributed by atoms with van der Waals surface area (Å²) in [5, 5.41) is 0. The molecule has 2 aromatic rings. The molecule has 0 bridgehead atoms. The largest absolute Gasteiger partial charge is 0.384 e. The summed E-state index contributed by atoms with van der Waals surface area (Å²) in [6.07, 6.45) is 3.54. The van der Waals surface area contributed by atoms with Crippen molar-refractivity contribution < 1.29 is 9.53 Å². The minimum atomic E-state index is -0.380. The molecule has 2 atom stereocenters. The van der Waals surface area contributed by atoms with Crippen LogP contribution in [0, 0.1) is 19.8 Å². The molecule has 0 radical (unpaired) electrons. The fourth-order valence-electron chi connectivity index (χ4n) is 3.65. The van der Waals surface area contributed by atoms with Gasteiger partial charge < -0.3 is 9.64 Å². The van der Waals surface area contributed by atoms with Crippen LogP contribution in [0.5, 0.6) is 0 Å². The summed E-state index contributed by atoms with van der Waals surface area (Å²) < 4.78 is 6.79. The number of aryl methyl sites for hydroxylation is 2. The van der Waals surface area contributed by atoms with Crippen LogP contribution in [0.25, 0.3) is 0 Å². The zero-order valence-corrected chi connectivity index (χ0v) is 15.4. The molecule has 2 aromatic heterocycles. The highest BCUT2D eigenvalue weighted by Gasteiger charge is 2.36. The molecule has 26 heavy (non-hydrogen) atoms. The molecule has 0 aliphatic carbocycles. The Morgan fingerprint density at radius 3 is 2.65 bits per heavy atom. The van der Waals surface area contributed by atoms with E-state index >= 15 is 0 Å². The van der Waals surface area contributed by atoms with E-state index in [0.29, 0.717) is 25.4 Å². The van der Waals surface area contributed by atoms with Crippen LogP contribution in [0.2, 0.25) is 0 Å². The van der Waals surface area contributed by atoms with Gasteiger partial charge in [-0.3, -0.25) is 14.3 Å². The van der Waals surface area contributed by atoms with Crippen LogP contribution in [0.3, 0.4) is 0 Å². The normalized spacial score (nSPS) is 19.7. The Morgan fingerprint density at radius 2 is 2.00 bits per heavy atom. The van der Waals surface area contributed by atoms with E-state index < -0.39 is 0 Å². The molecule has 0 unspecified atom stereocenters. The molecule has 1 aliphatic heterocycles. The van der Waals surface area contributed by atoms with Crippen molar-refractivity contribution in [1.82, 2.24) is 19.4 Å². The lowest BCUT2D eigenvalue weighted by atomic mass is 9.90. The molecule has 1 saturated heterocycles. The lowest BCUT2D eigenvalue weighted by molar-refractivity contribution is -0.131. The van der Waals surface area contributed by atoms with E-state index in [-0.39, 0.29) is 30.0 Å². The van der Waals surface area contributed by atoms with Crippen molar-refractivity contribution in [3.63, 3.8) is 0 Å². The lowest BCUT2D eigenvalue weighted by Gasteiger charge is -2.18. The Hall–Kier alpha value is -2.54. The number of likely N-dealkylation sites (tertiary alicyclic amines) is 1. The van der Waals surface area contributed by atoms with E-state index in [1.807, 2.05) is 30.0 Å². The highest BCUT2D eigenvalue weighted by atomic mass is 16.5. The second-order valence-corrected chi connectivity index (χ2v) is 6.81. The first-order valence-electron chi connectivity index (χ1n) is 8.71. The number of carbonyl (C=O) groups excluding carboxylic acids is 1. The Kier molecular flexibility index (Phi) is 5.46. The molecule has 138 valence electrons. The maximum absolute atomic E-state index is 12.8. The van der Waals surface area contributed by atoms with Gasteiger partial charge in [0, 0.05) is 55.8 Å². The first-order valence-corrected chi connectivity index (χ1v) is 8.71. The van der Waals surface area contributed by atoms with Crippen molar-refractivity contribution in [2.45, 2.75) is 26.3 Å². The Balaban J connectivity index is 1.77. The molecule has 3 rings (SSSR count). The third kappa shape index (κ3) is 3.83. The van der Waals surface area contributed by atoms with Crippen molar-refractivity contribution in [1.29, 1.82) is 0 Å². The van der Waals surface area contributed by atoms with Gasteiger partial charge in [-0.15, -0.1) is 0 Å². The van der Waals surface area contributed by atoms with Crippen LogP contribution in [-0.4, -0.2) is 52.1 Å². The molecule has 1 amide bonds. The van der Waals surface area contributed by atoms with Crippen molar-refractivity contribution >= 4 is 5.91 Å². The minimum Gasteiger partial charge on any atom is -0.384 e. The Bertz CT molecular complexity index is 834. The Morgan fingerprint density at radius 1 is 1.27 bits per heavy atom. The summed E-state index contributed by atoms with van der Waals surface area (Å²) in [4.78, 5) is 34.8. The van der Waals surface area contributed by atoms with Crippen LogP contribution in [0.4, 0.5) is 0 Å². The average Bonchev–Trinajstić information content (AvgIpc) is 3.03. The number of methoxy groups -OCH3 is 1. The SMILES string of the molecule is COC[C@@H]1CN(C(=O)Cn2c(C)cc(C)nc2=O)C[C@H]1c1ccncc1. The standard InChI is InChI=1S/C19H24N4O3/c1-13-8-14(2)23(19(25)21-13)11-18(24)22-9-16(12-26-3)17(10-22)15-4-6-20-7-5-15/h4-8,16-17H,9-12H2,1-3H3/t16-,17-/m0/s1. The molecule has 0 aromatic carbocycles. The van der Waals surface area contributed by atoms with Gasteiger partial charge in [-0.25, -0.2) is 4.79 Å². The number of hydrogen-bond acceptors (Lipinski definition) is 5. The molecular formula is C19H24N4O3. The van der Waals surface area contributed by atoms with Crippen LogP contribution < -0.4 is 5.69 Å². The van der Waals surface area contributed by atoms with Crippen LogP contribution in [-0.2, 0) is 16.1 Å². The summed E-state index contributed by atoms with van der Waals surface area (Å²) in [5.41, 5.74) is 2.18. The smallest absolute Gasteiger partial charge is 0.348 e. The maximum atomic E-state index is 12.8. The zero-order valence-electron chi connectivity index (χ0n) is 15.4. The van der Waals surface area contributed by atoms with Crippen LogP contribution in [0.1, 0.15) is 22.9 Å². The van der Waals surface area contributed by atoms with Gasteiger partial charge in [-0.1, -0.05) is 0 Å². The number of amides is 1. The van der Waals surface area contributed by atoms with Gasteiger partial charge in [-0.05, 0) is 37.6 Å². The molecular weight excluding hydrogens is 332 g/mol. The van der Waals surface area contributed by atoms with Gasteiger partial charge in [-0.2, -0.15) is 4.98 Å². The molecule has 0 saturated carbocycles. The van der Waals surface area contributed by atoms with E-state index in [1.54, 1.807) is 26.4 Å². The van der Waals surface area contributed by atoms with Gasteiger partial charge in [0.25, 0.3) is 0 Å². The van der Waals surface area contributed by atoms with Crippen LogP contribution >= 0.6 is 0 Å². The minimum absolute atomic E-state index is 0.0146. The average molecular weight is 356 g/mol. The fraction of sp³-hybridized carbons (Fsp3) is 0.474. The van der Waals surface area contributed by atoms with E-state index in [2.05, 4.69) is 9.97 Å². The van der Waals surface area contributed by atoms with Crippen LogP contribution in [0.15, 0.2) is 35.4 Å². The van der Waals surface area contributed by atoms with E-state index in [9.17, 15) is 9.59 Å². The lowest BCUT2D eigenvalue weighted by Crippen LogP contribution is -2.37. The van der Waals surface area contributed by atoms with Gasteiger partial charge in [0.1, 0.15) is 6.54 Å². The number of ether oxygens (including phenoxy) is 1. The number of aromatic nitrogens is 3. The van der Waals surface area contributed by atoms with Gasteiger partial charge in [0.15, 0.2) is 0 Å². The summed E-state index contributed by atoms with van der Waals surface area (Å²) in [6.45, 7) is 5.43. The zero-order chi connectivity index (χ0) is 18.7. The van der Waals surface area contributed by atoms with Crippen molar-refractivity contribution in [2.24, 2.45) is 5.92 Å². The first-order chi connectivity index (χ1) is 12.5. The third-order valence-corrected chi connectivity index (χ3v) is 4.95. The second-order valence-electron chi connectivity index (χ2n) is 6.81. The highest BCUT2D eigenvalue weighted by Crippen LogP contribution is 2.32. The van der Waals surface area contributed by atoms with Crippen molar-refractivity contribution in [3.05, 3.63) is 58.0 Å². The molecule has 0 N–H and O–H groups in total. The Labute approximate surface area is 152 Å². The second kappa shape index (κ2) is 7.78. The monoisotopic (exact) mass is 356 g/mol. The maximum Gasteiger partial charge on any atom is 0.348 e. The first kappa shape index (κ1) is 18.3. The molecule has 1 fully saturated rings. The van der Waals surface area contributed by atoms with Crippen molar-refractivity contribution in [3.8, 4) is 0 Å². The number of rotatable bonds is 5. The number of nitrogens with zero attached hydrogens (tertiary/aromatic N) is 4. The summed E-state index contributed by atoms with van der Waals surface area (Å²) in [6, 6.07) is 5.78. The van der Waals surface area contributed by atoms with E-state index in [1.165, 1.54) is 4.57 Å². The topological polar surface area (TPSA) is 77.3 Å². The van der Waals surface area contributed by atoms with Gasteiger partial charge >= 0.3 is 5.69 Å². The molecule has 1 aliphatic rings. The number of hydrogen-bond donors (Lipinski definition) is 0. The molecule has 3 heterocycles. The summed E-state index contributed by atoms with van der Waals surface area (Å²) >= 11 is 0. The number of pyridine rings is 1. The summed E-state index contributed by atoms with van der Waals surface area (Å²) in [7, 11) is 1.68. The number of carbonyl (C=O) groups is 1.